The summed E-state index contributed by atoms with van der Waals surface area (Å²) in [7, 11) is 0. The normalized spacial score (nSPS) is 26.7. The first-order chi connectivity index (χ1) is 15.3. The predicted molar refractivity (Wildman–Crippen MR) is 133 cm³/mol. The fraction of sp³-hybridized carbons (Fsp3) is 0.700. The van der Waals surface area contributed by atoms with Crippen LogP contribution in [0.1, 0.15) is 120 Å². The molecule has 0 N–H and O–H groups in total. The van der Waals surface area contributed by atoms with Crippen LogP contribution in [0.5, 0.6) is 0 Å². The smallest absolute Gasteiger partial charge is 0.0908 e. The van der Waals surface area contributed by atoms with Gasteiger partial charge in [0.1, 0.15) is 0 Å². The van der Waals surface area contributed by atoms with Crippen molar-refractivity contribution in [1.29, 1.82) is 5.26 Å². The molecule has 0 atom stereocenters. The molecule has 2 aliphatic rings. The van der Waals surface area contributed by atoms with Gasteiger partial charge in [-0.05, 0) is 86.2 Å². The molecule has 1 aromatic carbocycles. The summed E-state index contributed by atoms with van der Waals surface area (Å²) in [5, 5.41) is 8.58. The monoisotopic (exact) mass is 419 g/mol. The van der Waals surface area contributed by atoms with Crippen molar-refractivity contribution in [3.05, 3.63) is 47.5 Å². The first-order valence-corrected chi connectivity index (χ1v) is 13.4. The zero-order valence-corrected chi connectivity index (χ0v) is 20.0. The van der Waals surface area contributed by atoms with Crippen LogP contribution in [0.15, 0.2) is 36.4 Å². The summed E-state index contributed by atoms with van der Waals surface area (Å²) in [6, 6.07) is 11.8. The maximum atomic E-state index is 8.58. The average Bonchev–Trinajstić information content (AvgIpc) is 2.82. The Morgan fingerprint density at radius 2 is 1.39 bits per heavy atom. The molecule has 31 heavy (non-hydrogen) atoms. The minimum Gasteiger partial charge on any atom is -0.193 e. The predicted octanol–water partition coefficient (Wildman–Crippen LogP) is 9.14. The van der Waals surface area contributed by atoms with E-state index in [0.717, 1.165) is 30.1 Å². The minimum atomic E-state index is 0.812. The Balaban J connectivity index is 1.29. The molecule has 170 valence electrons. The van der Waals surface area contributed by atoms with Gasteiger partial charge >= 0.3 is 0 Å². The van der Waals surface area contributed by atoms with E-state index in [4.69, 9.17) is 5.26 Å². The lowest BCUT2D eigenvalue weighted by molar-refractivity contribution is 0.225. The zero-order chi connectivity index (χ0) is 21.7. The molecule has 0 amide bonds. The van der Waals surface area contributed by atoms with Crippen LogP contribution in [-0.4, -0.2) is 0 Å². The molecule has 1 nitrogen and oxygen atoms in total. The summed E-state index contributed by atoms with van der Waals surface area (Å²) in [5.74, 6) is 3.70. The summed E-state index contributed by atoms with van der Waals surface area (Å²) in [5.41, 5.74) is 3.12. The molecule has 1 aromatic rings. The summed E-state index contributed by atoms with van der Waals surface area (Å²) < 4.78 is 0. The van der Waals surface area contributed by atoms with Gasteiger partial charge in [0.25, 0.3) is 0 Å². The quantitative estimate of drug-likeness (QED) is 0.259. The molecular formula is C30H45N. The Morgan fingerprint density at radius 1 is 0.806 bits per heavy atom. The molecule has 0 radical (unpaired) electrons. The number of hydrogen-bond donors (Lipinski definition) is 0. The number of aryl methyl sites for hydroxylation is 1. The topological polar surface area (TPSA) is 23.8 Å². The Bertz CT molecular complexity index is 663. The Morgan fingerprint density at radius 3 is 1.97 bits per heavy atom. The summed E-state index contributed by atoms with van der Waals surface area (Å²) in [6.45, 7) is 2.28. The van der Waals surface area contributed by atoms with Crippen molar-refractivity contribution in [3.63, 3.8) is 0 Å². The number of benzene rings is 1. The number of allylic oxidation sites excluding steroid dienone is 2. The highest BCUT2D eigenvalue weighted by atomic mass is 14.3. The van der Waals surface area contributed by atoms with Crippen molar-refractivity contribution in [1.82, 2.24) is 0 Å². The fourth-order valence-corrected chi connectivity index (χ4v) is 6.07. The lowest BCUT2D eigenvalue weighted by Crippen LogP contribution is -2.17. The lowest BCUT2D eigenvalue weighted by Gasteiger charge is -2.32. The SMILES string of the molecule is CCCCCc1ccc(C2CCC(CCC3CCC(CCC=CC#N)CC3)CC2)cc1. The first-order valence-electron chi connectivity index (χ1n) is 13.4. The van der Waals surface area contributed by atoms with Crippen molar-refractivity contribution in [2.24, 2.45) is 17.8 Å². The molecule has 2 saturated carbocycles. The number of rotatable bonds is 11. The number of hydrogen-bond acceptors (Lipinski definition) is 1. The highest BCUT2D eigenvalue weighted by Crippen LogP contribution is 2.40. The molecule has 0 aliphatic heterocycles. The molecule has 2 fully saturated rings. The van der Waals surface area contributed by atoms with E-state index < -0.39 is 0 Å². The highest BCUT2D eigenvalue weighted by molar-refractivity contribution is 5.26. The molecule has 0 aromatic heterocycles. The van der Waals surface area contributed by atoms with E-state index in [1.807, 2.05) is 6.08 Å². The standard InChI is InChI=1S/C30H45N/c1-2-3-5-8-26-16-20-29(21-17-26)30-22-18-28(19-23-30)15-14-27-12-10-25(11-13-27)9-6-4-7-24-31/h4,7,16-17,20-21,25,27-28,30H,2-3,5-6,8-15,18-19,22-23H2,1H3. The van der Waals surface area contributed by atoms with Crippen LogP contribution >= 0.6 is 0 Å². The van der Waals surface area contributed by atoms with E-state index >= 15 is 0 Å². The Labute approximate surface area is 192 Å². The van der Waals surface area contributed by atoms with Crippen LogP contribution in [0.25, 0.3) is 0 Å². The zero-order valence-electron chi connectivity index (χ0n) is 20.0. The van der Waals surface area contributed by atoms with E-state index in [-0.39, 0.29) is 0 Å². The molecule has 0 unspecified atom stereocenters. The van der Waals surface area contributed by atoms with Gasteiger partial charge in [0.05, 0.1) is 6.07 Å². The molecule has 0 bridgehead atoms. The van der Waals surface area contributed by atoms with Crippen molar-refractivity contribution in [3.8, 4) is 6.07 Å². The number of nitrogens with zero attached hydrogens (tertiary/aromatic N) is 1. The largest absolute Gasteiger partial charge is 0.193 e. The summed E-state index contributed by atoms with van der Waals surface area (Å²) >= 11 is 0. The molecule has 0 saturated heterocycles. The highest BCUT2D eigenvalue weighted by Gasteiger charge is 2.25. The Hall–Kier alpha value is -1.55. The first kappa shape index (κ1) is 24.1. The molecule has 2 aliphatic carbocycles. The van der Waals surface area contributed by atoms with Crippen LogP contribution < -0.4 is 0 Å². The Kier molecular flexibility index (Phi) is 10.7. The molecule has 0 spiro atoms. The van der Waals surface area contributed by atoms with E-state index in [1.165, 1.54) is 102 Å². The van der Waals surface area contributed by atoms with Crippen LogP contribution in [0.4, 0.5) is 0 Å². The summed E-state index contributed by atoms with van der Waals surface area (Å²) in [6.07, 6.45) is 25.7. The second-order valence-corrected chi connectivity index (χ2v) is 10.5. The second kappa shape index (κ2) is 13.8. The van der Waals surface area contributed by atoms with Crippen LogP contribution in [-0.2, 0) is 6.42 Å². The van der Waals surface area contributed by atoms with Crippen molar-refractivity contribution >= 4 is 0 Å². The molecule has 1 heteroatoms. The molecule has 0 heterocycles. The summed E-state index contributed by atoms with van der Waals surface area (Å²) in [4.78, 5) is 0. The van der Waals surface area contributed by atoms with E-state index in [9.17, 15) is 0 Å². The van der Waals surface area contributed by atoms with Gasteiger partial charge in [-0.15, -0.1) is 0 Å². The van der Waals surface area contributed by atoms with Gasteiger partial charge in [-0.2, -0.15) is 5.26 Å². The maximum absolute atomic E-state index is 8.58. The van der Waals surface area contributed by atoms with Gasteiger partial charge in [-0.3, -0.25) is 0 Å². The number of nitriles is 1. The second-order valence-electron chi connectivity index (χ2n) is 10.5. The van der Waals surface area contributed by atoms with Crippen molar-refractivity contribution in [2.45, 2.75) is 116 Å². The van der Waals surface area contributed by atoms with Gasteiger partial charge < -0.3 is 0 Å². The van der Waals surface area contributed by atoms with Crippen LogP contribution in [0, 0.1) is 29.1 Å². The van der Waals surface area contributed by atoms with Gasteiger partial charge in [-0.25, -0.2) is 0 Å². The van der Waals surface area contributed by atoms with Gasteiger partial charge in [0.15, 0.2) is 0 Å². The van der Waals surface area contributed by atoms with Gasteiger partial charge in [-0.1, -0.05) is 88.6 Å². The third-order valence-corrected chi connectivity index (χ3v) is 8.25. The third kappa shape index (κ3) is 8.48. The van der Waals surface area contributed by atoms with E-state index in [0.29, 0.717) is 0 Å². The maximum Gasteiger partial charge on any atom is 0.0908 e. The van der Waals surface area contributed by atoms with E-state index in [1.54, 1.807) is 11.6 Å². The molecular weight excluding hydrogens is 374 g/mol. The van der Waals surface area contributed by atoms with Crippen LogP contribution in [0.2, 0.25) is 0 Å². The fourth-order valence-electron chi connectivity index (χ4n) is 6.07. The average molecular weight is 420 g/mol. The lowest BCUT2D eigenvalue weighted by atomic mass is 9.74. The number of unbranched alkanes of at least 4 members (excludes halogenated alkanes) is 2. The minimum absolute atomic E-state index is 0.812. The van der Waals surface area contributed by atoms with Crippen LogP contribution in [0.3, 0.4) is 0 Å². The third-order valence-electron chi connectivity index (χ3n) is 8.25. The van der Waals surface area contributed by atoms with Crippen molar-refractivity contribution < 1.29 is 0 Å². The van der Waals surface area contributed by atoms with E-state index in [2.05, 4.69) is 37.3 Å². The molecule has 3 rings (SSSR count). The van der Waals surface area contributed by atoms with Gasteiger partial charge in [0.2, 0.25) is 0 Å². The van der Waals surface area contributed by atoms with Gasteiger partial charge in [0, 0.05) is 6.08 Å². The van der Waals surface area contributed by atoms with Crippen molar-refractivity contribution in [2.75, 3.05) is 0 Å².